The third-order valence-corrected chi connectivity index (χ3v) is 6.78. The van der Waals surface area contributed by atoms with E-state index in [4.69, 9.17) is 0 Å². The standard InChI is InChI=1S/C20H16N4O3S2/c1-13-9-11-15(12-10-13)18(25)21-19-22-23-20(28-19)29(26,27)24-17-8-4-6-14-5-2-3-7-16(14)17/h2-12,24H,1H3,(H,21,22,25). The molecule has 0 saturated carbocycles. The van der Waals surface area contributed by atoms with E-state index in [2.05, 4.69) is 20.2 Å². The second kappa shape index (κ2) is 7.61. The molecule has 1 amide bonds. The first-order valence-electron chi connectivity index (χ1n) is 8.64. The number of anilines is 2. The van der Waals surface area contributed by atoms with Crippen LogP contribution in [0.1, 0.15) is 15.9 Å². The molecule has 0 atom stereocenters. The first kappa shape index (κ1) is 19.0. The van der Waals surface area contributed by atoms with Gasteiger partial charge in [-0.2, -0.15) is 8.42 Å². The molecule has 0 unspecified atom stereocenters. The number of aromatic nitrogens is 2. The highest BCUT2D eigenvalue weighted by Gasteiger charge is 2.22. The van der Waals surface area contributed by atoms with E-state index in [0.29, 0.717) is 11.3 Å². The third-order valence-electron chi connectivity index (χ3n) is 4.20. The van der Waals surface area contributed by atoms with Gasteiger partial charge in [-0.05, 0) is 30.5 Å². The number of rotatable bonds is 5. The summed E-state index contributed by atoms with van der Waals surface area (Å²) in [7, 11) is -3.95. The third kappa shape index (κ3) is 4.10. The van der Waals surface area contributed by atoms with E-state index in [1.807, 2.05) is 49.4 Å². The minimum absolute atomic E-state index is 0.105. The highest BCUT2D eigenvalue weighted by Crippen LogP contribution is 2.27. The second-order valence-corrected chi connectivity index (χ2v) is 9.16. The Morgan fingerprint density at radius 3 is 2.45 bits per heavy atom. The van der Waals surface area contributed by atoms with Gasteiger partial charge in [0.15, 0.2) is 0 Å². The molecule has 9 heteroatoms. The molecule has 2 N–H and O–H groups in total. The normalized spacial score (nSPS) is 11.3. The summed E-state index contributed by atoms with van der Waals surface area (Å²) in [5, 5.41) is 11.9. The number of amides is 1. The molecule has 1 aromatic heterocycles. The number of aryl methyl sites for hydroxylation is 1. The summed E-state index contributed by atoms with van der Waals surface area (Å²) in [6.07, 6.45) is 0. The van der Waals surface area contributed by atoms with Crippen LogP contribution in [0, 0.1) is 6.92 Å². The quantitative estimate of drug-likeness (QED) is 0.471. The Kier molecular flexibility index (Phi) is 4.99. The monoisotopic (exact) mass is 424 g/mol. The van der Waals surface area contributed by atoms with Crippen molar-refractivity contribution in [2.24, 2.45) is 0 Å². The fourth-order valence-corrected chi connectivity index (χ4v) is 4.72. The zero-order valence-corrected chi connectivity index (χ0v) is 16.9. The van der Waals surface area contributed by atoms with Gasteiger partial charge in [-0.15, -0.1) is 10.2 Å². The fraction of sp³-hybridized carbons (Fsp3) is 0.0500. The number of nitrogens with one attached hydrogen (secondary N) is 2. The van der Waals surface area contributed by atoms with E-state index in [0.717, 1.165) is 27.7 Å². The maximum Gasteiger partial charge on any atom is 0.291 e. The van der Waals surface area contributed by atoms with Gasteiger partial charge in [0.2, 0.25) is 5.13 Å². The van der Waals surface area contributed by atoms with Gasteiger partial charge in [0.25, 0.3) is 20.3 Å². The number of fused-ring (bicyclic) bond motifs is 1. The molecule has 1 heterocycles. The highest BCUT2D eigenvalue weighted by atomic mass is 32.2. The van der Waals surface area contributed by atoms with Crippen molar-refractivity contribution in [3.05, 3.63) is 77.9 Å². The molecule has 0 aliphatic carbocycles. The Balaban J connectivity index is 1.55. The lowest BCUT2D eigenvalue weighted by molar-refractivity contribution is 0.102. The van der Waals surface area contributed by atoms with Crippen LogP contribution in [0.2, 0.25) is 0 Å². The summed E-state index contributed by atoms with van der Waals surface area (Å²) in [5.74, 6) is -0.382. The Morgan fingerprint density at radius 1 is 0.931 bits per heavy atom. The highest BCUT2D eigenvalue weighted by molar-refractivity contribution is 7.94. The summed E-state index contributed by atoms with van der Waals surface area (Å²) in [6.45, 7) is 1.92. The lowest BCUT2D eigenvalue weighted by Crippen LogP contribution is -2.13. The molecule has 0 saturated heterocycles. The fourth-order valence-electron chi connectivity index (χ4n) is 2.75. The van der Waals surface area contributed by atoms with Gasteiger partial charge in [0.05, 0.1) is 5.69 Å². The predicted octanol–water partition coefficient (Wildman–Crippen LogP) is 4.05. The first-order valence-corrected chi connectivity index (χ1v) is 10.9. The van der Waals surface area contributed by atoms with Gasteiger partial charge >= 0.3 is 0 Å². The largest absolute Gasteiger partial charge is 0.296 e. The maximum absolute atomic E-state index is 12.7. The van der Waals surface area contributed by atoms with Crippen LogP contribution in [0.4, 0.5) is 10.8 Å². The van der Waals surface area contributed by atoms with Crippen LogP contribution in [-0.4, -0.2) is 24.5 Å². The Labute approximate surface area is 171 Å². The molecule has 4 rings (SSSR count). The average molecular weight is 425 g/mol. The van der Waals surface area contributed by atoms with Gasteiger partial charge in [0, 0.05) is 10.9 Å². The number of carbonyl (C=O) groups is 1. The Bertz CT molecular complexity index is 1290. The smallest absolute Gasteiger partial charge is 0.291 e. The van der Waals surface area contributed by atoms with Crippen molar-refractivity contribution in [3.8, 4) is 0 Å². The van der Waals surface area contributed by atoms with E-state index in [1.165, 1.54) is 0 Å². The number of hydrogen-bond donors (Lipinski definition) is 2. The van der Waals surface area contributed by atoms with Crippen molar-refractivity contribution in [2.75, 3.05) is 10.0 Å². The molecule has 0 spiro atoms. The zero-order chi connectivity index (χ0) is 20.4. The zero-order valence-electron chi connectivity index (χ0n) is 15.3. The number of hydrogen-bond acceptors (Lipinski definition) is 6. The summed E-state index contributed by atoms with van der Waals surface area (Å²) in [4.78, 5) is 12.3. The molecular weight excluding hydrogens is 408 g/mol. The Hall–Kier alpha value is -3.30. The maximum atomic E-state index is 12.7. The SMILES string of the molecule is Cc1ccc(C(=O)Nc2nnc(S(=O)(=O)Nc3cccc4ccccc34)s2)cc1. The van der Waals surface area contributed by atoms with E-state index in [-0.39, 0.29) is 15.4 Å². The van der Waals surface area contributed by atoms with Crippen LogP contribution in [-0.2, 0) is 10.0 Å². The van der Waals surface area contributed by atoms with E-state index < -0.39 is 10.0 Å². The van der Waals surface area contributed by atoms with Gasteiger partial charge in [-0.3, -0.25) is 14.8 Å². The van der Waals surface area contributed by atoms with Crippen LogP contribution in [0.15, 0.2) is 71.1 Å². The van der Waals surface area contributed by atoms with Crippen LogP contribution < -0.4 is 10.0 Å². The second-order valence-electron chi connectivity index (χ2n) is 6.33. The summed E-state index contributed by atoms with van der Waals surface area (Å²) < 4.78 is 27.8. The molecular formula is C20H16N4O3S2. The Morgan fingerprint density at radius 2 is 1.66 bits per heavy atom. The van der Waals surface area contributed by atoms with Crippen molar-refractivity contribution >= 4 is 48.9 Å². The molecule has 146 valence electrons. The molecule has 0 bridgehead atoms. The van der Waals surface area contributed by atoms with Crippen LogP contribution in [0.3, 0.4) is 0 Å². The summed E-state index contributed by atoms with van der Waals surface area (Å²) in [6, 6.07) is 19.8. The van der Waals surface area contributed by atoms with Crippen molar-refractivity contribution in [1.29, 1.82) is 0 Å². The molecule has 4 aromatic rings. The van der Waals surface area contributed by atoms with Crippen molar-refractivity contribution in [3.63, 3.8) is 0 Å². The number of benzene rings is 3. The van der Waals surface area contributed by atoms with E-state index in [9.17, 15) is 13.2 Å². The van der Waals surface area contributed by atoms with Crippen LogP contribution >= 0.6 is 11.3 Å². The number of nitrogens with zero attached hydrogens (tertiary/aromatic N) is 2. The molecule has 0 aliphatic rings. The first-order chi connectivity index (χ1) is 13.9. The average Bonchev–Trinajstić information content (AvgIpc) is 3.18. The van der Waals surface area contributed by atoms with E-state index in [1.54, 1.807) is 24.3 Å². The van der Waals surface area contributed by atoms with Crippen molar-refractivity contribution in [2.45, 2.75) is 11.3 Å². The lowest BCUT2D eigenvalue weighted by Gasteiger charge is -2.08. The van der Waals surface area contributed by atoms with E-state index >= 15 is 0 Å². The van der Waals surface area contributed by atoms with Crippen molar-refractivity contribution < 1.29 is 13.2 Å². The molecule has 0 aliphatic heterocycles. The summed E-state index contributed by atoms with van der Waals surface area (Å²) >= 11 is 0.786. The number of carbonyl (C=O) groups excluding carboxylic acids is 1. The topological polar surface area (TPSA) is 101 Å². The van der Waals surface area contributed by atoms with Gasteiger partial charge in [0.1, 0.15) is 0 Å². The number of sulfonamides is 1. The van der Waals surface area contributed by atoms with Crippen LogP contribution in [0.25, 0.3) is 10.8 Å². The van der Waals surface area contributed by atoms with Crippen molar-refractivity contribution in [1.82, 2.24) is 10.2 Å². The minimum Gasteiger partial charge on any atom is -0.296 e. The predicted molar refractivity (Wildman–Crippen MR) is 114 cm³/mol. The molecule has 7 nitrogen and oxygen atoms in total. The molecule has 0 radical (unpaired) electrons. The molecule has 29 heavy (non-hydrogen) atoms. The molecule has 0 fully saturated rings. The van der Waals surface area contributed by atoms with Crippen LogP contribution in [0.5, 0.6) is 0 Å². The molecule has 3 aromatic carbocycles. The lowest BCUT2D eigenvalue weighted by atomic mass is 10.1. The summed E-state index contributed by atoms with van der Waals surface area (Å²) in [5.41, 5.74) is 1.93. The van der Waals surface area contributed by atoms with Gasteiger partial charge in [-0.25, -0.2) is 0 Å². The minimum atomic E-state index is -3.95. The van der Waals surface area contributed by atoms with Gasteiger partial charge in [-0.1, -0.05) is 65.4 Å². The van der Waals surface area contributed by atoms with Gasteiger partial charge < -0.3 is 0 Å².